The molecule has 2 atom stereocenters. The summed E-state index contributed by atoms with van der Waals surface area (Å²) in [5.41, 5.74) is 7.43. The molecule has 2 unspecified atom stereocenters. The highest BCUT2D eigenvalue weighted by atomic mass is 19.1. The van der Waals surface area contributed by atoms with Crippen LogP contribution in [0.25, 0.3) is 0 Å². The molecule has 4 rings (SSSR count). The standard InChI is InChI=1S/C30H38FN3/c1-4-26(16-11-20-31)29(2)24-28(33(3)32-29)30(27-14-9-6-10-15-27)18-22-34(23-19-30)21-17-25-12-7-5-8-13-25/h4-15,20,24,26,32H,1,16-19,21-23H2,2-3H3/b20-11+. The average molecular weight is 460 g/mol. The fourth-order valence-corrected chi connectivity index (χ4v) is 5.81. The van der Waals surface area contributed by atoms with Gasteiger partial charge in [0.15, 0.2) is 0 Å². The Morgan fingerprint density at radius 3 is 2.32 bits per heavy atom. The summed E-state index contributed by atoms with van der Waals surface area (Å²) < 4.78 is 12.8. The molecule has 0 bridgehead atoms. The predicted molar refractivity (Wildman–Crippen MR) is 140 cm³/mol. The number of likely N-dealkylation sites (tertiary alicyclic amines) is 1. The molecule has 2 aliphatic heterocycles. The van der Waals surface area contributed by atoms with E-state index in [-0.39, 0.29) is 16.9 Å². The van der Waals surface area contributed by atoms with Gasteiger partial charge in [-0.15, -0.1) is 6.58 Å². The van der Waals surface area contributed by atoms with Crippen LogP contribution in [0.5, 0.6) is 0 Å². The van der Waals surface area contributed by atoms with E-state index in [4.69, 9.17) is 0 Å². The molecule has 180 valence electrons. The van der Waals surface area contributed by atoms with Gasteiger partial charge in [-0.2, -0.15) is 0 Å². The second-order valence-electron chi connectivity index (χ2n) is 9.95. The van der Waals surface area contributed by atoms with Gasteiger partial charge in [0.25, 0.3) is 0 Å². The Labute approximate surface area is 204 Å². The Kier molecular flexibility index (Phi) is 7.70. The summed E-state index contributed by atoms with van der Waals surface area (Å²) in [5, 5.41) is 2.21. The third-order valence-electron chi connectivity index (χ3n) is 7.83. The van der Waals surface area contributed by atoms with Crippen molar-refractivity contribution in [2.75, 3.05) is 26.7 Å². The Bertz CT molecular complexity index is 992. The van der Waals surface area contributed by atoms with E-state index in [9.17, 15) is 4.39 Å². The van der Waals surface area contributed by atoms with Gasteiger partial charge >= 0.3 is 0 Å². The Morgan fingerprint density at radius 2 is 1.71 bits per heavy atom. The van der Waals surface area contributed by atoms with Gasteiger partial charge < -0.3 is 9.91 Å². The zero-order valence-corrected chi connectivity index (χ0v) is 20.6. The lowest BCUT2D eigenvalue weighted by molar-refractivity contribution is 0.141. The van der Waals surface area contributed by atoms with Gasteiger partial charge in [0.05, 0.1) is 11.9 Å². The maximum atomic E-state index is 12.8. The zero-order valence-electron chi connectivity index (χ0n) is 20.6. The van der Waals surface area contributed by atoms with Crippen LogP contribution in [0.4, 0.5) is 4.39 Å². The number of likely N-dealkylation sites (N-methyl/N-ethyl adjacent to an activating group) is 1. The predicted octanol–water partition coefficient (Wildman–Crippen LogP) is 6.03. The van der Waals surface area contributed by atoms with Crippen LogP contribution in [-0.2, 0) is 11.8 Å². The zero-order chi connectivity index (χ0) is 24.0. The number of nitrogens with zero attached hydrogens (tertiary/aromatic N) is 2. The average Bonchev–Trinajstić information content (AvgIpc) is 3.20. The van der Waals surface area contributed by atoms with Crippen molar-refractivity contribution < 1.29 is 4.39 Å². The number of piperidine rings is 1. The summed E-state index contributed by atoms with van der Waals surface area (Å²) in [4.78, 5) is 2.61. The van der Waals surface area contributed by atoms with Crippen LogP contribution in [0.3, 0.4) is 0 Å². The van der Waals surface area contributed by atoms with Crippen LogP contribution in [0.15, 0.2) is 97.5 Å². The molecule has 0 radical (unpaired) electrons. The van der Waals surface area contributed by atoms with Crippen molar-refractivity contribution in [2.45, 2.75) is 43.6 Å². The van der Waals surface area contributed by atoms with Crippen LogP contribution in [0.2, 0.25) is 0 Å². The van der Waals surface area contributed by atoms with E-state index in [2.05, 4.69) is 103 Å². The molecule has 0 amide bonds. The molecule has 0 spiro atoms. The quantitative estimate of drug-likeness (QED) is 0.462. The summed E-state index contributed by atoms with van der Waals surface area (Å²) in [7, 11) is 2.12. The first-order valence-electron chi connectivity index (χ1n) is 12.5. The normalized spacial score (nSPS) is 23.7. The van der Waals surface area contributed by atoms with E-state index in [0.717, 1.165) is 38.9 Å². The number of benzene rings is 2. The lowest BCUT2D eigenvalue weighted by atomic mass is 9.69. The van der Waals surface area contributed by atoms with Crippen LogP contribution < -0.4 is 5.43 Å². The van der Waals surface area contributed by atoms with Crippen molar-refractivity contribution in [1.82, 2.24) is 15.3 Å². The monoisotopic (exact) mass is 459 g/mol. The van der Waals surface area contributed by atoms with Gasteiger partial charge in [0.2, 0.25) is 0 Å². The summed E-state index contributed by atoms with van der Waals surface area (Å²) in [5.74, 6) is 0.0956. The Morgan fingerprint density at radius 1 is 1.06 bits per heavy atom. The molecule has 0 aliphatic carbocycles. The second-order valence-corrected chi connectivity index (χ2v) is 9.95. The molecular weight excluding hydrogens is 421 g/mol. The molecule has 3 nitrogen and oxygen atoms in total. The minimum absolute atomic E-state index is 0.0499. The van der Waals surface area contributed by atoms with E-state index in [1.807, 2.05) is 6.08 Å². The fraction of sp³-hybridized carbons (Fsp3) is 0.400. The van der Waals surface area contributed by atoms with E-state index in [0.29, 0.717) is 12.8 Å². The topological polar surface area (TPSA) is 18.5 Å². The molecule has 2 heterocycles. The minimum Gasteiger partial charge on any atom is -0.314 e. The maximum absolute atomic E-state index is 12.8. The number of allylic oxidation sites excluding steroid dienone is 2. The lowest BCUT2D eigenvalue weighted by Gasteiger charge is -2.45. The number of halogens is 1. The highest BCUT2D eigenvalue weighted by molar-refractivity contribution is 5.40. The summed E-state index contributed by atoms with van der Waals surface area (Å²) in [6, 6.07) is 21.7. The van der Waals surface area contributed by atoms with Crippen molar-refractivity contribution >= 4 is 0 Å². The largest absolute Gasteiger partial charge is 0.314 e. The molecule has 2 aromatic carbocycles. The molecule has 2 aliphatic rings. The van der Waals surface area contributed by atoms with Crippen molar-refractivity contribution in [1.29, 1.82) is 0 Å². The molecule has 2 aromatic rings. The molecule has 4 heteroatoms. The second kappa shape index (κ2) is 10.7. The van der Waals surface area contributed by atoms with Crippen LogP contribution in [0, 0.1) is 5.92 Å². The SMILES string of the molecule is C=CC(C/C=C/F)C1(C)C=C(C2(c3ccccc3)CCN(CCc3ccccc3)CC2)N(C)N1. The van der Waals surface area contributed by atoms with Crippen LogP contribution in [-0.4, -0.2) is 42.1 Å². The van der Waals surface area contributed by atoms with Crippen molar-refractivity contribution in [3.63, 3.8) is 0 Å². The van der Waals surface area contributed by atoms with E-state index in [1.54, 1.807) is 6.08 Å². The van der Waals surface area contributed by atoms with Gasteiger partial charge in [-0.25, -0.2) is 9.82 Å². The first-order chi connectivity index (χ1) is 16.5. The Hall–Kier alpha value is -2.69. The molecule has 1 N–H and O–H groups in total. The summed E-state index contributed by atoms with van der Waals surface area (Å²) in [6.07, 6.45) is 10.4. The van der Waals surface area contributed by atoms with Crippen LogP contribution >= 0.6 is 0 Å². The van der Waals surface area contributed by atoms with Gasteiger partial charge in [-0.3, -0.25) is 0 Å². The van der Waals surface area contributed by atoms with E-state index in [1.165, 1.54) is 16.8 Å². The van der Waals surface area contributed by atoms with E-state index < -0.39 is 0 Å². The molecule has 34 heavy (non-hydrogen) atoms. The Balaban J connectivity index is 1.58. The molecule has 1 saturated heterocycles. The van der Waals surface area contributed by atoms with Gasteiger partial charge in [-0.05, 0) is 62.9 Å². The number of rotatable bonds is 9. The maximum Gasteiger partial charge on any atom is 0.0827 e. The number of hydrogen-bond donors (Lipinski definition) is 1. The fourth-order valence-electron chi connectivity index (χ4n) is 5.81. The van der Waals surface area contributed by atoms with Gasteiger partial charge in [0, 0.05) is 30.6 Å². The first kappa shape index (κ1) is 24.4. The van der Waals surface area contributed by atoms with Crippen LogP contribution in [0.1, 0.15) is 37.3 Å². The molecule has 0 aromatic heterocycles. The smallest absolute Gasteiger partial charge is 0.0827 e. The number of nitrogens with one attached hydrogen (secondary N) is 1. The summed E-state index contributed by atoms with van der Waals surface area (Å²) >= 11 is 0. The van der Waals surface area contributed by atoms with Crippen molar-refractivity contribution in [3.05, 3.63) is 109 Å². The van der Waals surface area contributed by atoms with Gasteiger partial charge in [0.1, 0.15) is 0 Å². The molecule has 0 saturated carbocycles. The first-order valence-corrected chi connectivity index (χ1v) is 12.5. The summed E-state index contributed by atoms with van der Waals surface area (Å²) in [6.45, 7) is 9.47. The lowest BCUT2D eigenvalue weighted by Crippen LogP contribution is -2.50. The third-order valence-corrected chi connectivity index (χ3v) is 7.83. The highest BCUT2D eigenvalue weighted by Gasteiger charge is 2.47. The number of hydrazine groups is 1. The third kappa shape index (κ3) is 5.03. The number of hydrogen-bond acceptors (Lipinski definition) is 3. The van der Waals surface area contributed by atoms with E-state index >= 15 is 0 Å². The van der Waals surface area contributed by atoms with Crippen molar-refractivity contribution in [2.24, 2.45) is 5.92 Å². The highest BCUT2D eigenvalue weighted by Crippen LogP contribution is 2.46. The van der Waals surface area contributed by atoms with Gasteiger partial charge in [-0.1, -0.05) is 72.8 Å². The molecular formula is C30H38FN3. The van der Waals surface area contributed by atoms with Crippen molar-refractivity contribution in [3.8, 4) is 0 Å². The molecule has 1 fully saturated rings. The minimum atomic E-state index is -0.308.